The predicted molar refractivity (Wildman–Crippen MR) is 144 cm³/mol. The highest BCUT2D eigenvalue weighted by Crippen LogP contribution is 2.36. The van der Waals surface area contributed by atoms with E-state index >= 15 is 0 Å². The number of fused-ring (bicyclic) bond motifs is 1. The minimum Gasteiger partial charge on any atom is -0.325 e. The summed E-state index contributed by atoms with van der Waals surface area (Å²) >= 11 is 19.1. The molecule has 0 spiro atoms. The molecule has 2 aliphatic heterocycles. The average Bonchev–Trinajstić information content (AvgIpc) is 3.18. The summed E-state index contributed by atoms with van der Waals surface area (Å²) in [6, 6.07) is 10.5. The lowest BCUT2D eigenvalue weighted by Crippen LogP contribution is -2.27. The molecule has 0 unspecified atom stereocenters. The van der Waals surface area contributed by atoms with Crippen molar-refractivity contribution in [3.63, 3.8) is 0 Å². The van der Waals surface area contributed by atoms with Crippen LogP contribution in [0.2, 0.25) is 15.1 Å². The topological polar surface area (TPSA) is 105 Å². The van der Waals surface area contributed by atoms with Crippen molar-refractivity contribution >= 4 is 46.4 Å². The second-order valence-electron chi connectivity index (χ2n) is 8.58. The molecule has 0 saturated carbocycles. The normalized spacial score (nSPS) is 11.4. The number of aromatic nitrogens is 4. The molecule has 3 N–H and O–H groups in total. The monoisotopic (exact) mass is 546 g/mol. The third-order valence-electron chi connectivity index (χ3n) is 5.53. The first-order valence-corrected chi connectivity index (χ1v) is 12.6. The Morgan fingerprint density at radius 3 is 2.36 bits per heavy atom. The molecule has 0 bridgehead atoms. The molecule has 2 aromatic carbocycles. The third kappa shape index (κ3) is 5.57. The Morgan fingerprint density at radius 2 is 1.75 bits per heavy atom. The lowest BCUT2D eigenvalue weighted by molar-refractivity contribution is -0.115. The second kappa shape index (κ2) is 11.0. The number of rotatable bonds is 8. The van der Waals surface area contributed by atoms with Crippen LogP contribution in [0.15, 0.2) is 41.2 Å². The number of nitrogens with one attached hydrogen (secondary N) is 3. The number of H-pyrrole nitrogens is 1. The van der Waals surface area contributed by atoms with E-state index in [0.717, 1.165) is 5.56 Å². The standard InChI is InChI=1S/C25H25Cl3N6O2/c1-4-29-12-20(35)30-16-7-5-14(6-8-16)9-19-31-24-21(25(36)32-19)22(13(2)3)33-34(24)23-17(27)10-15(26)11-18(23)28/h5-8,10-11,13,29,33H,4,9,12H2,1-3H3,(H,30,35). The van der Waals surface area contributed by atoms with Crippen LogP contribution < -0.4 is 16.2 Å². The van der Waals surface area contributed by atoms with Gasteiger partial charge in [0.1, 0.15) is 17.1 Å². The zero-order valence-electron chi connectivity index (χ0n) is 20.0. The lowest BCUT2D eigenvalue weighted by atomic mass is 10.1. The van der Waals surface area contributed by atoms with Crippen LogP contribution in [0, 0.1) is 0 Å². The number of hydrogen-bond acceptors (Lipinski definition) is 5. The van der Waals surface area contributed by atoms with E-state index in [0.29, 0.717) is 62.3 Å². The SMILES string of the molecule is CCNCC(=O)Nc1ccc(Cc2nc3n(-c4c(Cl)cc(Cl)cc4Cl)[nH]c(C(C)C)c-3c(=O)n2)cc1. The number of benzene rings is 2. The second-order valence-corrected chi connectivity index (χ2v) is 9.83. The fourth-order valence-corrected chi connectivity index (χ4v) is 4.82. The summed E-state index contributed by atoms with van der Waals surface area (Å²) in [7, 11) is 0. The van der Waals surface area contributed by atoms with Gasteiger partial charge in [0.05, 0.1) is 22.3 Å². The van der Waals surface area contributed by atoms with Gasteiger partial charge in [-0.1, -0.05) is 67.7 Å². The van der Waals surface area contributed by atoms with Crippen molar-refractivity contribution in [3.05, 3.63) is 78.9 Å². The first kappa shape index (κ1) is 26.2. The van der Waals surface area contributed by atoms with Crippen molar-refractivity contribution in [2.45, 2.75) is 33.1 Å². The largest absolute Gasteiger partial charge is 0.325 e. The highest BCUT2D eigenvalue weighted by atomic mass is 35.5. The molecule has 4 rings (SSSR count). The maximum Gasteiger partial charge on any atom is 0.284 e. The predicted octanol–water partition coefficient (Wildman–Crippen LogP) is 5.28. The molecule has 2 aromatic rings. The highest BCUT2D eigenvalue weighted by Gasteiger charge is 2.27. The molecular formula is C25H25Cl3N6O2. The third-order valence-corrected chi connectivity index (χ3v) is 6.33. The molecule has 0 atom stereocenters. The molecule has 36 heavy (non-hydrogen) atoms. The molecule has 188 valence electrons. The van der Waals surface area contributed by atoms with Gasteiger partial charge in [-0.25, -0.2) is 9.67 Å². The highest BCUT2D eigenvalue weighted by molar-refractivity contribution is 6.40. The van der Waals surface area contributed by atoms with Gasteiger partial charge in [-0.15, -0.1) is 0 Å². The number of hydrogen-bond donors (Lipinski definition) is 3. The number of halogens is 3. The molecule has 11 heteroatoms. The van der Waals surface area contributed by atoms with Gasteiger partial charge in [-0.2, -0.15) is 4.98 Å². The van der Waals surface area contributed by atoms with Gasteiger partial charge in [0.25, 0.3) is 5.56 Å². The van der Waals surface area contributed by atoms with E-state index in [9.17, 15) is 9.59 Å². The van der Waals surface area contributed by atoms with E-state index in [1.165, 1.54) is 0 Å². The van der Waals surface area contributed by atoms with Gasteiger partial charge in [0.2, 0.25) is 5.91 Å². The van der Waals surface area contributed by atoms with E-state index in [4.69, 9.17) is 39.8 Å². The van der Waals surface area contributed by atoms with E-state index in [1.54, 1.807) is 28.9 Å². The van der Waals surface area contributed by atoms with Crippen LogP contribution in [0.5, 0.6) is 0 Å². The molecule has 1 amide bonds. The summed E-state index contributed by atoms with van der Waals surface area (Å²) in [5.74, 6) is 0.607. The summed E-state index contributed by atoms with van der Waals surface area (Å²) < 4.78 is 1.61. The molecule has 0 saturated heterocycles. The van der Waals surface area contributed by atoms with Crippen LogP contribution in [0.1, 0.15) is 43.8 Å². The zero-order chi connectivity index (χ0) is 26.0. The minimum atomic E-state index is -0.387. The van der Waals surface area contributed by atoms with Crippen LogP contribution in [0.4, 0.5) is 5.69 Å². The van der Waals surface area contributed by atoms with Crippen molar-refractivity contribution in [1.29, 1.82) is 0 Å². The van der Waals surface area contributed by atoms with Crippen LogP contribution in [0.25, 0.3) is 17.1 Å². The Balaban J connectivity index is 1.70. The summed E-state index contributed by atoms with van der Waals surface area (Å²) in [4.78, 5) is 34.0. The number of nitrogens with zero attached hydrogens (tertiary/aromatic N) is 3. The van der Waals surface area contributed by atoms with Crippen molar-refractivity contribution in [2.75, 3.05) is 18.4 Å². The quantitative estimate of drug-likeness (QED) is 0.278. The first-order chi connectivity index (χ1) is 17.2. The van der Waals surface area contributed by atoms with E-state index in [2.05, 4.69) is 20.7 Å². The molecule has 0 aliphatic carbocycles. The molecule has 8 nitrogen and oxygen atoms in total. The summed E-state index contributed by atoms with van der Waals surface area (Å²) in [6.07, 6.45) is 0.321. The zero-order valence-corrected chi connectivity index (χ0v) is 22.2. The maximum atomic E-state index is 13.1. The smallest absolute Gasteiger partial charge is 0.284 e. The average molecular weight is 548 g/mol. The van der Waals surface area contributed by atoms with E-state index in [-0.39, 0.29) is 23.9 Å². The van der Waals surface area contributed by atoms with Crippen LogP contribution in [-0.2, 0) is 11.2 Å². The van der Waals surface area contributed by atoms with Crippen molar-refractivity contribution < 1.29 is 4.79 Å². The maximum absolute atomic E-state index is 13.1. The number of anilines is 1. The fourth-order valence-electron chi connectivity index (χ4n) is 3.84. The van der Waals surface area contributed by atoms with E-state index < -0.39 is 0 Å². The minimum absolute atomic E-state index is 0.00367. The number of aromatic amines is 1. The van der Waals surface area contributed by atoms with E-state index in [1.807, 2.05) is 32.9 Å². The Hall–Kier alpha value is -2.91. The van der Waals surface area contributed by atoms with Crippen molar-refractivity contribution in [2.24, 2.45) is 0 Å². The Labute approximate surface area is 223 Å². The van der Waals surface area contributed by atoms with Gasteiger partial charge in [0, 0.05) is 17.1 Å². The van der Waals surface area contributed by atoms with Crippen molar-refractivity contribution in [1.82, 2.24) is 25.1 Å². The number of carbonyl (C=O) groups is 1. The summed E-state index contributed by atoms with van der Waals surface area (Å²) in [6.45, 7) is 6.83. The summed E-state index contributed by atoms with van der Waals surface area (Å²) in [5, 5.41) is 10.1. The van der Waals surface area contributed by atoms with Gasteiger partial charge in [0.15, 0.2) is 5.82 Å². The molecule has 2 heterocycles. The van der Waals surface area contributed by atoms with Gasteiger partial charge in [-0.05, 0) is 42.3 Å². The number of amides is 1. The summed E-state index contributed by atoms with van der Waals surface area (Å²) in [5.41, 5.74) is 2.69. The first-order valence-electron chi connectivity index (χ1n) is 11.4. The van der Waals surface area contributed by atoms with Crippen LogP contribution in [-0.4, -0.2) is 38.7 Å². The Kier molecular flexibility index (Phi) is 8.00. The molecular weight excluding hydrogens is 523 g/mol. The van der Waals surface area contributed by atoms with Gasteiger partial charge in [-0.3, -0.25) is 14.7 Å². The number of carbonyl (C=O) groups excluding carboxylic acids is 1. The Bertz CT molecular complexity index is 1410. The molecule has 2 aliphatic rings. The molecule has 0 radical (unpaired) electrons. The van der Waals surface area contributed by atoms with Crippen LogP contribution >= 0.6 is 34.8 Å². The van der Waals surface area contributed by atoms with Gasteiger partial charge >= 0.3 is 0 Å². The molecule has 0 fully saturated rings. The van der Waals surface area contributed by atoms with Gasteiger partial charge < -0.3 is 10.6 Å². The molecule has 0 aromatic heterocycles. The Morgan fingerprint density at radius 1 is 1.08 bits per heavy atom. The van der Waals surface area contributed by atoms with Crippen LogP contribution in [0.3, 0.4) is 0 Å². The lowest BCUT2D eigenvalue weighted by Gasteiger charge is -2.12. The van der Waals surface area contributed by atoms with Crippen molar-refractivity contribution in [3.8, 4) is 17.1 Å². The number of likely N-dealkylation sites (N-methyl/N-ethyl adjacent to an activating group) is 1. The fraction of sp³-hybridized carbons (Fsp3) is 0.280.